The second-order valence-corrected chi connectivity index (χ2v) is 34.6. The molecule has 0 aliphatic carbocycles. The SMILES string of the molecule is c1cc(-c2cccc(-n3c4cccnc4c4ncccc43)c2)cc(-c2ccc3sc4ccccc4c3c2)c1.c1ccc(-c2ccc3oc4ccc(-c5cccc(-c6cccc(-n7c8ccncc8c8ncccc87)c6)c5)cc4c3c2)cc1.c1ccc2c(c1)oc1ccc(-c3cc(-c4ccc(-n5c6cccnc6c6ncncc65)cc4)cc(-c4ccc5oc6ccccc6c5c4)c3)cc12. The number of aromatic nitrogens is 10. The van der Waals surface area contributed by atoms with Gasteiger partial charge < -0.3 is 27.0 Å². The molecule has 28 rings (SSSR count). The summed E-state index contributed by atoms with van der Waals surface area (Å²) < 4.78 is 27.9. The summed E-state index contributed by atoms with van der Waals surface area (Å²) >= 11 is 1.86. The van der Waals surface area contributed by atoms with Crippen molar-refractivity contribution in [3.8, 4) is 106 Å². The van der Waals surface area contributed by atoms with Gasteiger partial charge in [0.25, 0.3) is 0 Å². The molecule has 0 bridgehead atoms. The summed E-state index contributed by atoms with van der Waals surface area (Å²) in [5.74, 6) is 0. The molecule has 13 heterocycles. The van der Waals surface area contributed by atoms with Gasteiger partial charge >= 0.3 is 0 Å². The van der Waals surface area contributed by atoms with Crippen molar-refractivity contribution in [1.82, 2.24) is 48.6 Å². The molecule has 28 aromatic rings. The van der Waals surface area contributed by atoms with Gasteiger partial charge in [0.2, 0.25) is 0 Å². The highest BCUT2D eigenvalue weighted by Crippen LogP contribution is 2.45. The molecule has 0 atom stereocenters. The van der Waals surface area contributed by atoms with Gasteiger partial charge in [-0.3, -0.25) is 24.9 Å². The lowest BCUT2D eigenvalue weighted by atomic mass is 9.92. The van der Waals surface area contributed by atoms with Crippen LogP contribution in [-0.2, 0) is 0 Å². The summed E-state index contributed by atoms with van der Waals surface area (Å²) in [6, 6.07) is 137. The first-order valence-electron chi connectivity index (χ1n) is 44.3. The van der Waals surface area contributed by atoms with Crippen molar-refractivity contribution in [2.24, 2.45) is 0 Å². The van der Waals surface area contributed by atoms with Crippen LogP contribution < -0.4 is 0 Å². The van der Waals surface area contributed by atoms with Crippen molar-refractivity contribution in [2.75, 3.05) is 0 Å². The van der Waals surface area contributed by atoms with E-state index in [-0.39, 0.29) is 0 Å². The Bertz CT molecular complexity index is 9240. The second kappa shape index (κ2) is 31.6. The predicted molar refractivity (Wildman–Crippen MR) is 545 cm³/mol. The summed E-state index contributed by atoms with van der Waals surface area (Å²) in [7, 11) is 0. The summed E-state index contributed by atoms with van der Waals surface area (Å²) in [6.07, 6.45) is 14.5. The third kappa shape index (κ3) is 13.3. The van der Waals surface area contributed by atoms with Crippen molar-refractivity contribution in [1.29, 1.82) is 0 Å². The van der Waals surface area contributed by atoms with Gasteiger partial charge in [-0.25, -0.2) is 9.97 Å². The van der Waals surface area contributed by atoms with Gasteiger partial charge in [-0.2, -0.15) is 0 Å². The van der Waals surface area contributed by atoms with Gasteiger partial charge in [0.15, 0.2) is 0 Å². The molecule has 14 heteroatoms. The van der Waals surface area contributed by atoms with E-state index in [4.69, 9.17) is 13.3 Å². The minimum atomic E-state index is 0.840. The third-order valence-electron chi connectivity index (χ3n) is 25.8. The molecule has 0 aliphatic rings. The third-order valence-corrected chi connectivity index (χ3v) is 27.0. The Morgan fingerprint density at radius 3 is 1.07 bits per heavy atom. The van der Waals surface area contributed by atoms with Crippen LogP contribution in [0.4, 0.5) is 0 Å². The van der Waals surface area contributed by atoms with E-state index in [1.54, 1.807) is 6.33 Å². The number of furan rings is 3. The maximum absolute atomic E-state index is 6.23. The standard InChI is InChI=1S/C45H26N4O2.C40H25N3O.C34H21N3S/c1-3-9-40-34(6-1)36-23-28(13-17-42(36)50-40)31-20-30(21-32(22-31)29-14-18-43-37(24-29)35-7-2-4-10-41(35)51-43)27-11-15-33(16-12-27)49-38-8-5-19-47-44(38)45-39(49)25-46-26-48-45;1-2-7-26(8-3-1)30-14-16-38-33(23-30)34-24-31(15-17-39(34)44-38)28-10-4-9-27(21-28)29-11-5-12-32(22-29)43-36-18-20-41-25-35(36)40-37(43)13-6-19-42-40;1-2-14-31-27(11-1)28-21-25(15-16-32(28)38-31)23-8-3-7-22(19-23)24-9-4-10-26(20-24)37-29-12-5-17-35-33(29)34-30(37)13-6-18-36-34/h1-26H;1-25H;1-21H. The number of para-hydroxylation sites is 2. The van der Waals surface area contributed by atoms with E-state index in [1.165, 1.54) is 53.6 Å². The molecule has 0 saturated heterocycles. The fourth-order valence-electron chi connectivity index (χ4n) is 19.5. The Kier molecular flexibility index (Phi) is 18.1. The smallest absolute Gasteiger partial charge is 0.135 e. The quantitative estimate of drug-likeness (QED) is 0.123. The average molecular weight is 1720 g/mol. The molecule has 0 aliphatic heterocycles. The van der Waals surface area contributed by atoms with Crippen molar-refractivity contribution in [2.45, 2.75) is 0 Å². The zero-order valence-electron chi connectivity index (χ0n) is 71.2. The zero-order chi connectivity index (χ0) is 87.6. The van der Waals surface area contributed by atoms with Gasteiger partial charge in [-0.15, -0.1) is 11.3 Å². The van der Waals surface area contributed by atoms with Crippen molar-refractivity contribution in [3.63, 3.8) is 0 Å². The highest BCUT2D eigenvalue weighted by molar-refractivity contribution is 7.25. The van der Waals surface area contributed by atoms with Crippen LogP contribution in [0.15, 0.2) is 451 Å². The molecule has 0 N–H and O–H groups in total. The van der Waals surface area contributed by atoms with Crippen molar-refractivity contribution >= 4 is 163 Å². The number of nitrogens with zero attached hydrogens (tertiary/aromatic N) is 10. The van der Waals surface area contributed by atoms with Crippen LogP contribution in [0, 0.1) is 0 Å². The van der Waals surface area contributed by atoms with E-state index in [0.29, 0.717) is 0 Å². The Hall–Kier alpha value is -17.9. The molecule has 0 unspecified atom stereocenters. The highest BCUT2D eigenvalue weighted by Gasteiger charge is 2.22. The number of benzene rings is 15. The van der Waals surface area contributed by atoms with Crippen LogP contribution in [0.2, 0.25) is 0 Å². The number of fused-ring (bicyclic) bond motifs is 21. The highest BCUT2D eigenvalue weighted by atomic mass is 32.1. The molecule has 0 spiro atoms. The van der Waals surface area contributed by atoms with E-state index in [9.17, 15) is 0 Å². The van der Waals surface area contributed by atoms with Crippen LogP contribution in [-0.4, -0.2) is 48.6 Å². The second-order valence-electron chi connectivity index (χ2n) is 33.6. The average Bonchev–Trinajstić information content (AvgIpc) is 1.58. The number of pyridine rings is 5. The molecular weight excluding hydrogens is 1650 g/mol. The lowest BCUT2D eigenvalue weighted by Gasteiger charge is -2.13. The Labute approximate surface area is 764 Å². The molecular formula is C119H72N10O3S. The summed E-state index contributed by atoms with van der Waals surface area (Å²) in [5, 5.41) is 10.4. The molecule has 0 fully saturated rings. The van der Waals surface area contributed by atoms with Crippen LogP contribution in [0.25, 0.3) is 258 Å². The van der Waals surface area contributed by atoms with Gasteiger partial charge in [-0.05, 0) is 289 Å². The summed E-state index contributed by atoms with van der Waals surface area (Å²) in [6.45, 7) is 0. The van der Waals surface area contributed by atoms with E-state index >= 15 is 0 Å². The number of hydrogen-bond acceptors (Lipinski definition) is 11. The van der Waals surface area contributed by atoms with Crippen LogP contribution in [0.3, 0.4) is 0 Å². The Morgan fingerprint density at radius 1 is 0.180 bits per heavy atom. The maximum atomic E-state index is 6.23. The zero-order valence-corrected chi connectivity index (χ0v) is 72.0. The molecule has 0 amide bonds. The molecule has 622 valence electrons. The van der Waals surface area contributed by atoms with Crippen molar-refractivity contribution < 1.29 is 13.3 Å². The van der Waals surface area contributed by atoms with E-state index < -0.39 is 0 Å². The largest absolute Gasteiger partial charge is 0.456 e. The molecule has 15 aromatic carbocycles. The Balaban J connectivity index is 0.000000105. The first-order valence-corrected chi connectivity index (χ1v) is 45.1. The van der Waals surface area contributed by atoms with E-state index in [2.05, 4.69) is 382 Å². The lowest BCUT2D eigenvalue weighted by Crippen LogP contribution is -1.94. The summed E-state index contributed by atoms with van der Waals surface area (Å²) in [4.78, 5) is 31.8. The molecule has 0 radical (unpaired) electrons. The van der Waals surface area contributed by atoms with Crippen LogP contribution in [0.1, 0.15) is 0 Å². The topological polar surface area (TPSA) is 144 Å². The molecule has 13 aromatic heterocycles. The predicted octanol–water partition coefficient (Wildman–Crippen LogP) is 31.5. The van der Waals surface area contributed by atoms with Gasteiger partial charge in [0, 0.05) is 112 Å². The van der Waals surface area contributed by atoms with Crippen LogP contribution >= 0.6 is 11.3 Å². The minimum absolute atomic E-state index is 0.840. The van der Waals surface area contributed by atoms with Gasteiger partial charge in [-0.1, -0.05) is 188 Å². The Morgan fingerprint density at radius 2 is 0.534 bits per heavy atom. The molecule has 13 nitrogen and oxygen atoms in total. The first kappa shape index (κ1) is 76.4. The van der Waals surface area contributed by atoms with Gasteiger partial charge in [0.05, 0.1) is 44.8 Å². The minimum Gasteiger partial charge on any atom is -0.456 e. The lowest BCUT2D eigenvalue weighted by molar-refractivity contribution is 0.668. The van der Waals surface area contributed by atoms with E-state index in [1.807, 2.05) is 109 Å². The molecule has 0 saturated carbocycles. The van der Waals surface area contributed by atoms with Crippen LogP contribution in [0.5, 0.6) is 0 Å². The molecule has 133 heavy (non-hydrogen) atoms. The fraction of sp³-hybridized carbons (Fsp3) is 0. The number of hydrogen-bond donors (Lipinski definition) is 0. The first-order chi connectivity index (χ1) is 65.9. The summed E-state index contributed by atoms with van der Waals surface area (Å²) in [5.41, 5.74) is 37.8. The normalized spacial score (nSPS) is 11.8. The van der Waals surface area contributed by atoms with Crippen molar-refractivity contribution in [3.05, 3.63) is 438 Å². The fourth-order valence-corrected chi connectivity index (χ4v) is 20.6. The van der Waals surface area contributed by atoms with Gasteiger partial charge in [0.1, 0.15) is 61.9 Å². The monoisotopic (exact) mass is 1720 g/mol. The number of thiophene rings is 1. The number of rotatable bonds is 11. The maximum Gasteiger partial charge on any atom is 0.135 e. The van der Waals surface area contributed by atoms with E-state index in [0.717, 1.165) is 205 Å².